The molecule has 0 amide bonds. The standard InChI is InChI=1S/C5H10O.Ti/c1-5(2,3)6-4;/h4H,1-3H3;. The van der Waals surface area contributed by atoms with E-state index in [4.69, 9.17) is 4.74 Å². The van der Waals surface area contributed by atoms with E-state index >= 15 is 0 Å². The fraction of sp³-hybridized carbons (Fsp3) is 0.800. The molecule has 0 saturated heterocycles. The fourth-order valence-electron chi connectivity index (χ4n) is 0.177. The number of rotatable bonds is 1. The Kier molecular flexibility index (Phi) is 2.97. The summed E-state index contributed by atoms with van der Waals surface area (Å²) in [6, 6.07) is 0. The van der Waals surface area contributed by atoms with E-state index < -0.39 is 0 Å². The van der Waals surface area contributed by atoms with Gasteiger partial charge in [0.1, 0.15) is 0 Å². The van der Waals surface area contributed by atoms with Crippen molar-refractivity contribution >= 4 is 4.50 Å². The second kappa shape index (κ2) is 2.76. The van der Waals surface area contributed by atoms with Gasteiger partial charge in [-0.3, -0.25) is 0 Å². The first-order valence-corrected chi connectivity index (χ1v) is 3.13. The average molecular weight is 134 g/mol. The minimum atomic E-state index is -0.00521. The number of ether oxygens (including phenoxy) is 1. The van der Waals surface area contributed by atoms with Crippen molar-refractivity contribution < 1.29 is 24.7 Å². The van der Waals surface area contributed by atoms with Gasteiger partial charge in [0.15, 0.2) is 0 Å². The molecule has 0 unspecified atom stereocenters. The second-order valence-corrected chi connectivity index (χ2v) is 2.72. The molecule has 0 aliphatic carbocycles. The first-order chi connectivity index (χ1) is 3.06. The Morgan fingerprint density at radius 1 is 1.43 bits per heavy atom. The van der Waals surface area contributed by atoms with Crippen molar-refractivity contribution in [2.24, 2.45) is 0 Å². The summed E-state index contributed by atoms with van der Waals surface area (Å²) in [5.41, 5.74) is -0.00521. The van der Waals surface area contributed by atoms with Crippen LogP contribution in [-0.2, 0) is 24.7 Å². The van der Waals surface area contributed by atoms with Crippen LogP contribution in [0.5, 0.6) is 0 Å². The summed E-state index contributed by atoms with van der Waals surface area (Å²) in [5, 5.41) is 0. The summed E-state index contributed by atoms with van der Waals surface area (Å²) in [6.45, 7) is 6.06. The third-order valence-corrected chi connectivity index (χ3v) is 0.597. The summed E-state index contributed by atoms with van der Waals surface area (Å²) >= 11 is 1.88. The zero-order valence-electron chi connectivity index (χ0n) is 4.99. The molecular weight excluding hydrogens is 124 g/mol. The van der Waals surface area contributed by atoms with Gasteiger partial charge in [-0.25, -0.2) is 0 Å². The van der Waals surface area contributed by atoms with Crippen molar-refractivity contribution in [2.75, 3.05) is 0 Å². The van der Waals surface area contributed by atoms with Crippen LogP contribution in [0.25, 0.3) is 0 Å². The van der Waals surface area contributed by atoms with Gasteiger partial charge in [0.2, 0.25) is 0 Å². The zero-order chi connectivity index (χ0) is 5.91. The Labute approximate surface area is 56.0 Å². The average Bonchev–Trinajstić information content (AvgIpc) is 1.30. The predicted octanol–water partition coefficient (Wildman–Crippen LogP) is 1.11. The number of hydrogen-bond donors (Lipinski definition) is 0. The summed E-state index contributed by atoms with van der Waals surface area (Å²) in [6.07, 6.45) is 0. The molecule has 0 radical (unpaired) electrons. The van der Waals surface area contributed by atoms with Crippen LogP contribution in [0.2, 0.25) is 0 Å². The molecule has 0 aromatic carbocycles. The van der Waals surface area contributed by atoms with Gasteiger partial charge in [-0.15, -0.1) is 0 Å². The Morgan fingerprint density at radius 3 is 1.86 bits per heavy atom. The fourth-order valence-corrected chi connectivity index (χ4v) is 0.729. The molecule has 0 rings (SSSR count). The molecule has 0 atom stereocenters. The number of hydrogen-bond acceptors (Lipinski definition) is 1. The van der Waals surface area contributed by atoms with E-state index in [1.54, 1.807) is 4.50 Å². The van der Waals surface area contributed by atoms with Crippen LogP contribution in [0, 0.1) is 0 Å². The van der Waals surface area contributed by atoms with Gasteiger partial charge < -0.3 is 0 Å². The summed E-state index contributed by atoms with van der Waals surface area (Å²) < 4.78 is 6.81. The van der Waals surface area contributed by atoms with Gasteiger partial charge in [0, 0.05) is 0 Å². The molecule has 0 aliphatic heterocycles. The van der Waals surface area contributed by atoms with Crippen LogP contribution in [0.3, 0.4) is 0 Å². The summed E-state index contributed by atoms with van der Waals surface area (Å²) in [7, 11) is 0. The van der Waals surface area contributed by atoms with Gasteiger partial charge in [0.05, 0.1) is 0 Å². The molecule has 0 aliphatic rings. The van der Waals surface area contributed by atoms with Gasteiger partial charge in [-0.1, -0.05) is 0 Å². The Bertz CT molecular complexity index is 63.0. The first kappa shape index (κ1) is 7.54. The molecule has 0 fully saturated rings. The maximum atomic E-state index is 5.10. The molecule has 1 nitrogen and oxygen atoms in total. The van der Waals surface area contributed by atoms with E-state index in [1.807, 2.05) is 40.7 Å². The van der Waals surface area contributed by atoms with Crippen molar-refractivity contribution in [1.82, 2.24) is 0 Å². The van der Waals surface area contributed by atoms with Crippen LogP contribution in [0.1, 0.15) is 20.8 Å². The normalized spacial score (nSPS) is 11.1. The minimum absolute atomic E-state index is 0.00521. The van der Waals surface area contributed by atoms with Gasteiger partial charge in [-0.2, -0.15) is 0 Å². The Balaban J connectivity index is 3.34. The van der Waals surface area contributed by atoms with E-state index in [-0.39, 0.29) is 5.60 Å². The van der Waals surface area contributed by atoms with Crippen molar-refractivity contribution in [3.05, 3.63) is 0 Å². The third-order valence-electron chi connectivity index (χ3n) is 0.412. The molecule has 0 saturated carbocycles. The molecule has 0 bridgehead atoms. The molecule has 2 heteroatoms. The van der Waals surface area contributed by atoms with Crippen molar-refractivity contribution in [1.29, 1.82) is 0 Å². The van der Waals surface area contributed by atoms with Gasteiger partial charge >= 0.3 is 55.6 Å². The molecule has 40 valence electrons. The van der Waals surface area contributed by atoms with E-state index in [1.165, 1.54) is 0 Å². The molecule has 0 N–H and O–H groups in total. The van der Waals surface area contributed by atoms with Gasteiger partial charge in [-0.05, 0) is 0 Å². The molecule has 0 aromatic heterocycles. The molecule has 7 heavy (non-hydrogen) atoms. The van der Waals surface area contributed by atoms with Crippen LogP contribution in [-0.4, -0.2) is 10.1 Å². The second-order valence-electron chi connectivity index (χ2n) is 2.35. The van der Waals surface area contributed by atoms with Crippen LogP contribution >= 0.6 is 0 Å². The quantitative estimate of drug-likeness (QED) is 0.488. The Hall–Kier alpha value is 0.544. The molecule has 0 heterocycles. The van der Waals surface area contributed by atoms with E-state index in [0.29, 0.717) is 0 Å². The molecule has 0 aromatic rings. The van der Waals surface area contributed by atoms with Crippen LogP contribution in [0.4, 0.5) is 0 Å². The SMILES string of the molecule is CC(C)(C)O[CH]=[Ti]. The van der Waals surface area contributed by atoms with Crippen LogP contribution in [0.15, 0.2) is 0 Å². The van der Waals surface area contributed by atoms with E-state index in [0.717, 1.165) is 0 Å². The van der Waals surface area contributed by atoms with E-state index in [2.05, 4.69) is 0 Å². The summed E-state index contributed by atoms with van der Waals surface area (Å²) in [5.74, 6) is 0. The van der Waals surface area contributed by atoms with Crippen molar-refractivity contribution in [3.8, 4) is 0 Å². The van der Waals surface area contributed by atoms with Crippen LogP contribution < -0.4 is 0 Å². The first-order valence-electron chi connectivity index (χ1n) is 2.23. The predicted molar refractivity (Wildman–Crippen MR) is 26.9 cm³/mol. The van der Waals surface area contributed by atoms with Crippen molar-refractivity contribution in [3.63, 3.8) is 0 Å². The molecule has 0 spiro atoms. The zero-order valence-corrected chi connectivity index (χ0v) is 6.55. The third kappa shape index (κ3) is 6.54. The van der Waals surface area contributed by atoms with Crippen molar-refractivity contribution in [2.45, 2.75) is 26.4 Å². The maximum absolute atomic E-state index is 5.10. The molecular formula is C5H10OTi. The Morgan fingerprint density at radius 2 is 1.86 bits per heavy atom. The summed E-state index contributed by atoms with van der Waals surface area (Å²) in [4.78, 5) is 0. The topological polar surface area (TPSA) is 9.23 Å². The van der Waals surface area contributed by atoms with Gasteiger partial charge in [0.25, 0.3) is 0 Å². The monoisotopic (exact) mass is 134 g/mol. The van der Waals surface area contributed by atoms with E-state index in [9.17, 15) is 0 Å².